The van der Waals surface area contributed by atoms with E-state index in [4.69, 9.17) is 4.42 Å². The average molecular weight is 288 g/mol. The molecular formula is C12H18BrNO2. The highest BCUT2D eigenvalue weighted by molar-refractivity contribution is 9.09. The first-order valence-corrected chi connectivity index (χ1v) is 6.71. The minimum atomic E-state index is -0.0352. The van der Waals surface area contributed by atoms with Crippen LogP contribution in [0.15, 0.2) is 16.7 Å². The smallest absolute Gasteiger partial charge is 0.254 e. The molecule has 16 heavy (non-hydrogen) atoms. The van der Waals surface area contributed by atoms with Gasteiger partial charge in [0.05, 0.1) is 11.8 Å². The zero-order valence-corrected chi connectivity index (χ0v) is 11.3. The van der Waals surface area contributed by atoms with Crippen LogP contribution in [0.4, 0.5) is 0 Å². The summed E-state index contributed by atoms with van der Waals surface area (Å²) in [6.45, 7) is 4.81. The molecule has 0 spiro atoms. The van der Waals surface area contributed by atoms with Crippen LogP contribution >= 0.6 is 15.9 Å². The monoisotopic (exact) mass is 287 g/mol. The largest absolute Gasteiger partial charge is 0.469 e. The highest BCUT2D eigenvalue weighted by atomic mass is 79.9. The van der Waals surface area contributed by atoms with Crippen LogP contribution in [0.2, 0.25) is 0 Å². The summed E-state index contributed by atoms with van der Waals surface area (Å²) in [6, 6.07) is 1.73. The molecule has 0 radical (unpaired) electrons. The molecule has 0 aromatic carbocycles. The summed E-state index contributed by atoms with van der Waals surface area (Å²) in [5, 5.41) is 3.89. The third-order valence-corrected chi connectivity index (χ3v) is 2.98. The maximum Gasteiger partial charge on any atom is 0.254 e. The summed E-state index contributed by atoms with van der Waals surface area (Å²) >= 11 is 3.39. The number of furan rings is 1. The van der Waals surface area contributed by atoms with Crippen LogP contribution in [0.5, 0.6) is 0 Å². The van der Waals surface area contributed by atoms with E-state index in [0.717, 1.165) is 23.9 Å². The number of aryl methyl sites for hydroxylation is 1. The second-order valence-corrected chi connectivity index (χ2v) is 4.70. The first kappa shape index (κ1) is 13.3. The highest BCUT2D eigenvalue weighted by Crippen LogP contribution is 2.11. The van der Waals surface area contributed by atoms with Crippen molar-refractivity contribution in [2.45, 2.75) is 26.7 Å². The summed E-state index contributed by atoms with van der Waals surface area (Å²) < 4.78 is 5.22. The molecule has 0 saturated heterocycles. The first-order valence-electron chi connectivity index (χ1n) is 5.59. The second-order valence-electron chi connectivity index (χ2n) is 3.90. The first-order chi connectivity index (χ1) is 7.69. The van der Waals surface area contributed by atoms with Crippen molar-refractivity contribution < 1.29 is 9.21 Å². The van der Waals surface area contributed by atoms with Gasteiger partial charge in [-0.15, -0.1) is 0 Å². The predicted octanol–water partition coefficient (Wildman–Crippen LogP) is 2.99. The van der Waals surface area contributed by atoms with Gasteiger partial charge in [0.2, 0.25) is 0 Å². The molecule has 1 N–H and O–H groups in total. The Balaban J connectivity index is 2.46. The Morgan fingerprint density at radius 2 is 2.38 bits per heavy atom. The van der Waals surface area contributed by atoms with Crippen molar-refractivity contribution in [1.29, 1.82) is 0 Å². The van der Waals surface area contributed by atoms with Crippen LogP contribution in [0.25, 0.3) is 0 Å². The highest BCUT2D eigenvalue weighted by Gasteiger charge is 2.13. The number of rotatable bonds is 6. The van der Waals surface area contributed by atoms with Gasteiger partial charge in [0.25, 0.3) is 5.91 Å². The minimum absolute atomic E-state index is 0.0352. The molecule has 1 rings (SSSR count). The lowest BCUT2D eigenvalue weighted by Gasteiger charge is -2.10. The zero-order valence-electron chi connectivity index (χ0n) is 9.75. The normalized spacial score (nSPS) is 12.4. The standard InChI is InChI=1S/C12H18BrNO2/c1-3-11-10(5-7-16-11)12(15)14-8-9(2)4-6-13/h5,7,9H,3-4,6,8H2,1-2H3,(H,14,15). The Kier molecular flexibility index (Phi) is 5.60. The van der Waals surface area contributed by atoms with Crippen molar-refractivity contribution in [3.05, 3.63) is 23.7 Å². The van der Waals surface area contributed by atoms with E-state index in [-0.39, 0.29) is 5.91 Å². The lowest BCUT2D eigenvalue weighted by Crippen LogP contribution is -2.28. The lowest BCUT2D eigenvalue weighted by atomic mass is 10.1. The van der Waals surface area contributed by atoms with Crippen molar-refractivity contribution in [1.82, 2.24) is 5.32 Å². The molecule has 0 aliphatic rings. The van der Waals surface area contributed by atoms with Gasteiger partial charge in [-0.3, -0.25) is 4.79 Å². The van der Waals surface area contributed by atoms with Gasteiger partial charge in [-0.1, -0.05) is 29.8 Å². The molecule has 1 unspecified atom stereocenters. The van der Waals surface area contributed by atoms with Gasteiger partial charge >= 0.3 is 0 Å². The molecule has 1 heterocycles. The molecule has 3 nitrogen and oxygen atoms in total. The molecule has 1 amide bonds. The Labute approximate surface area is 105 Å². The van der Waals surface area contributed by atoms with E-state index in [2.05, 4.69) is 28.2 Å². The molecule has 0 saturated carbocycles. The number of halogens is 1. The Morgan fingerprint density at radius 1 is 1.62 bits per heavy atom. The van der Waals surface area contributed by atoms with Gasteiger partial charge in [0.1, 0.15) is 5.76 Å². The van der Waals surface area contributed by atoms with Crippen molar-refractivity contribution >= 4 is 21.8 Å². The van der Waals surface area contributed by atoms with Crippen LogP contribution in [0, 0.1) is 5.92 Å². The van der Waals surface area contributed by atoms with Crippen LogP contribution in [0.1, 0.15) is 36.4 Å². The fraction of sp³-hybridized carbons (Fsp3) is 0.583. The SMILES string of the molecule is CCc1occc1C(=O)NCC(C)CCBr. The van der Waals surface area contributed by atoms with Crippen molar-refractivity contribution in [3.63, 3.8) is 0 Å². The van der Waals surface area contributed by atoms with Crippen molar-refractivity contribution in [2.75, 3.05) is 11.9 Å². The van der Waals surface area contributed by atoms with Crippen LogP contribution in [0.3, 0.4) is 0 Å². The lowest BCUT2D eigenvalue weighted by molar-refractivity contribution is 0.0946. The van der Waals surface area contributed by atoms with E-state index in [1.807, 2.05) is 6.92 Å². The maximum atomic E-state index is 11.8. The predicted molar refractivity (Wildman–Crippen MR) is 68.0 cm³/mol. The van der Waals surface area contributed by atoms with Gasteiger partial charge in [0.15, 0.2) is 0 Å². The van der Waals surface area contributed by atoms with E-state index in [1.54, 1.807) is 12.3 Å². The van der Waals surface area contributed by atoms with Crippen molar-refractivity contribution in [3.8, 4) is 0 Å². The van der Waals surface area contributed by atoms with Gasteiger partial charge < -0.3 is 9.73 Å². The maximum absolute atomic E-state index is 11.8. The molecule has 0 bridgehead atoms. The fourth-order valence-electron chi connectivity index (χ4n) is 1.47. The third kappa shape index (κ3) is 3.67. The fourth-order valence-corrected chi connectivity index (χ4v) is 2.25. The van der Waals surface area contributed by atoms with Crippen LogP contribution in [-0.2, 0) is 6.42 Å². The summed E-state index contributed by atoms with van der Waals surface area (Å²) in [5.74, 6) is 1.21. The average Bonchev–Trinajstić information content (AvgIpc) is 2.74. The van der Waals surface area contributed by atoms with Crippen LogP contribution < -0.4 is 5.32 Å². The summed E-state index contributed by atoms with van der Waals surface area (Å²) in [4.78, 5) is 11.8. The molecule has 90 valence electrons. The topological polar surface area (TPSA) is 42.2 Å². The van der Waals surface area contributed by atoms with E-state index in [1.165, 1.54) is 0 Å². The number of hydrogen-bond donors (Lipinski definition) is 1. The Bertz CT molecular complexity index is 336. The molecule has 1 atom stereocenters. The number of hydrogen-bond acceptors (Lipinski definition) is 2. The van der Waals surface area contributed by atoms with Crippen LogP contribution in [-0.4, -0.2) is 17.8 Å². The zero-order chi connectivity index (χ0) is 12.0. The van der Waals surface area contributed by atoms with E-state index in [9.17, 15) is 4.79 Å². The van der Waals surface area contributed by atoms with E-state index < -0.39 is 0 Å². The summed E-state index contributed by atoms with van der Waals surface area (Å²) in [5.41, 5.74) is 0.661. The van der Waals surface area contributed by atoms with Gasteiger partial charge in [-0.25, -0.2) is 0 Å². The molecule has 0 aliphatic heterocycles. The molecular weight excluding hydrogens is 270 g/mol. The third-order valence-electron chi connectivity index (χ3n) is 2.52. The van der Waals surface area contributed by atoms with Crippen molar-refractivity contribution in [2.24, 2.45) is 5.92 Å². The second kappa shape index (κ2) is 6.74. The molecule has 0 aliphatic carbocycles. The summed E-state index contributed by atoms with van der Waals surface area (Å²) in [7, 11) is 0. The number of carbonyl (C=O) groups is 1. The number of amides is 1. The van der Waals surface area contributed by atoms with Gasteiger partial charge in [-0.2, -0.15) is 0 Å². The molecule has 1 aromatic rings. The molecule has 1 aromatic heterocycles. The Hall–Kier alpha value is -0.770. The quantitative estimate of drug-likeness (QED) is 0.818. The minimum Gasteiger partial charge on any atom is -0.469 e. The molecule has 0 fully saturated rings. The molecule has 4 heteroatoms. The number of nitrogens with one attached hydrogen (secondary N) is 1. The van der Waals surface area contributed by atoms with Gasteiger partial charge in [0, 0.05) is 18.3 Å². The van der Waals surface area contributed by atoms with Gasteiger partial charge in [-0.05, 0) is 18.4 Å². The number of alkyl halides is 1. The Morgan fingerprint density at radius 3 is 3.00 bits per heavy atom. The van der Waals surface area contributed by atoms with E-state index >= 15 is 0 Å². The van der Waals surface area contributed by atoms with E-state index in [0.29, 0.717) is 18.0 Å². The number of carbonyl (C=O) groups excluding carboxylic acids is 1. The summed E-state index contributed by atoms with van der Waals surface area (Å²) in [6.07, 6.45) is 3.37.